The number of halogens is 2. The maximum atomic E-state index is 11.9. The third-order valence-corrected chi connectivity index (χ3v) is 1.02. The van der Waals surface area contributed by atoms with Gasteiger partial charge in [0.1, 0.15) is 6.17 Å². The lowest BCUT2D eigenvalue weighted by atomic mass is 10.3. The summed E-state index contributed by atoms with van der Waals surface area (Å²) in [6.45, 7) is 0. The average molecular weight is 168 g/mol. The van der Waals surface area contributed by atoms with E-state index in [1.54, 1.807) is 0 Å². The SMILES string of the molecule is N=C[C@@H](F)CCBr. The molecular weight excluding hydrogens is 161 g/mol. The van der Waals surface area contributed by atoms with Gasteiger partial charge in [-0.3, -0.25) is 0 Å². The Hall–Kier alpha value is 0.0800. The van der Waals surface area contributed by atoms with E-state index in [-0.39, 0.29) is 0 Å². The van der Waals surface area contributed by atoms with Crippen molar-refractivity contribution >= 4 is 22.1 Å². The molecule has 7 heavy (non-hydrogen) atoms. The summed E-state index contributed by atoms with van der Waals surface area (Å²) in [4.78, 5) is 0. The highest BCUT2D eigenvalue weighted by Gasteiger charge is 1.96. The van der Waals surface area contributed by atoms with Crippen molar-refractivity contribution in [1.82, 2.24) is 0 Å². The molecule has 0 aliphatic heterocycles. The van der Waals surface area contributed by atoms with Crippen LogP contribution in [0.15, 0.2) is 0 Å². The van der Waals surface area contributed by atoms with Crippen LogP contribution in [0.2, 0.25) is 0 Å². The Morgan fingerprint density at radius 1 is 1.86 bits per heavy atom. The summed E-state index contributed by atoms with van der Waals surface area (Å²) < 4.78 is 11.9. The second kappa shape index (κ2) is 4.24. The number of alkyl halides is 2. The van der Waals surface area contributed by atoms with Crippen LogP contribution in [0.1, 0.15) is 6.42 Å². The molecule has 0 spiro atoms. The Balaban J connectivity index is 2.98. The van der Waals surface area contributed by atoms with E-state index in [0.717, 1.165) is 6.21 Å². The summed E-state index contributed by atoms with van der Waals surface area (Å²) in [7, 11) is 0. The highest BCUT2D eigenvalue weighted by atomic mass is 79.9. The molecule has 1 nitrogen and oxygen atoms in total. The monoisotopic (exact) mass is 167 g/mol. The first-order chi connectivity index (χ1) is 3.31. The van der Waals surface area contributed by atoms with Crippen molar-refractivity contribution in [3.8, 4) is 0 Å². The van der Waals surface area contributed by atoms with Crippen LogP contribution in [0.5, 0.6) is 0 Å². The second-order valence-corrected chi connectivity index (χ2v) is 1.95. The molecule has 0 saturated heterocycles. The molecule has 3 heteroatoms. The number of hydrogen-bond donors (Lipinski definition) is 1. The summed E-state index contributed by atoms with van der Waals surface area (Å²) in [6, 6.07) is 0. The summed E-state index contributed by atoms with van der Waals surface area (Å²) in [5.41, 5.74) is 0. The van der Waals surface area contributed by atoms with E-state index in [1.807, 2.05) is 0 Å². The number of hydrogen-bond acceptors (Lipinski definition) is 1. The molecule has 0 fully saturated rings. The Bertz CT molecular complexity index is 57.7. The number of nitrogens with one attached hydrogen (secondary N) is 1. The Morgan fingerprint density at radius 3 is 2.57 bits per heavy atom. The van der Waals surface area contributed by atoms with Crippen molar-refractivity contribution in [2.75, 3.05) is 5.33 Å². The van der Waals surface area contributed by atoms with Gasteiger partial charge in [0.15, 0.2) is 0 Å². The summed E-state index contributed by atoms with van der Waals surface area (Å²) in [5, 5.41) is 7.02. The standard InChI is InChI=1S/C4H7BrFN/c5-2-1-4(6)3-7/h3-4,7H,1-2H2/t4-/m0/s1. The molecule has 1 atom stereocenters. The molecule has 0 aliphatic carbocycles. The van der Waals surface area contributed by atoms with E-state index < -0.39 is 6.17 Å². The lowest BCUT2D eigenvalue weighted by molar-refractivity contribution is 0.423. The minimum Gasteiger partial charge on any atom is -0.310 e. The molecule has 0 aromatic heterocycles. The van der Waals surface area contributed by atoms with Crippen LogP contribution in [0, 0.1) is 5.41 Å². The fourth-order valence-electron chi connectivity index (χ4n) is 0.188. The molecule has 0 amide bonds. The third-order valence-electron chi connectivity index (χ3n) is 0.566. The zero-order valence-corrected chi connectivity index (χ0v) is 5.41. The van der Waals surface area contributed by atoms with Crippen LogP contribution in [0.25, 0.3) is 0 Å². The third kappa shape index (κ3) is 3.92. The minimum atomic E-state index is -1.06. The van der Waals surface area contributed by atoms with Crippen molar-refractivity contribution < 1.29 is 4.39 Å². The Labute approximate surface area is 50.6 Å². The predicted molar refractivity (Wildman–Crippen MR) is 32.1 cm³/mol. The van der Waals surface area contributed by atoms with Gasteiger partial charge < -0.3 is 5.41 Å². The predicted octanol–water partition coefficient (Wildman–Crippen LogP) is 1.76. The van der Waals surface area contributed by atoms with Crippen molar-refractivity contribution in [3.63, 3.8) is 0 Å². The quantitative estimate of drug-likeness (QED) is 0.490. The fourth-order valence-corrected chi connectivity index (χ4v) is 0.625. The van der Waals surface area contributed by atoms with Crippen LogP contribution < -0.4 is 0 Å². The van der Waals surface area contributed by atoms with Crippen LogP contribution in [-0.4, -0.2) is 17.7 Å². The van der Waals surface area contributed by atoms with Crippen molar-refractivity contribution in [1.29, 1.82) is 5.41 Å². The Morgan fingerprint density at radius 2 is 2.43 bits per heavy atom. The highest BCUT2D eigenvalue weighted by Crippen LogP contribution is 1.95. The van der Waals surface area contributed by atoms with Gasteiger partial charge in [-0.2, -0.15) is 0 Å². The molecule has 0 aliphatic rings. The topological polar surface area (TPSA) is 23.9 Å². The van der Waals surface area contributed by atoms with Gasteiger partial charge in [-0.05, 0) is 6.42 Å². The molecule has 0 rings (SSSR count). The normalized spacial score (nSPS) is 13.4. The van der Waals surface area contributed by atoms with Gasteiger partial charge in [0, 0.05) is 11.5 Å². The molecule has 42 valence electrons. The van der Waals surface area contributed by atoms with E-state index in [4.69, 9.17) is 5.41 Å². The molecule has 1 N–H and O–H groups in total. The molecule has 0 bridgehead atoms. The number of rotatable bonds is 3. The molecular formula is C4H7BrFN. The summed E-state index contributed by atoms with van der Waals surface area (Å²) >= 11 is 3.05. The average Bonchev–Trinajstić information content (AvgIpc) is 1.68. The lowest BCUT2D eigenvalue weighted by Crippen LogP contribution is -1.99. The molecule has 0 heterocycles. The van der Waals surface area contributed by atoms with Crippen molar-refractivity contribution in [2.45, 2.75) is 12.6 Å². The zero-order chi connectivity index (χ0) is 5.70. The van der Waals surface area contributed by atoms with Crippen molar-refractivity contribution in [3.05, 3.63) is 0 Å². The van der Waals surface area contributed by atoms with Crippen molar-refractivity contribution in [2.24, 2.45) is 0 Å². The zero-order valence-electron chi connectivity index (χ0n) is 3.82. The second-order valence-electron chi connectivity index (χ2n) is 1.16. The van der Waals surface area contributed by atoms with Gasteiger partial charge in [-0.15, -0.1) is 0 Å². The first kappa shape index (κ1) is 7.08. The lowest BCUT2D eigenvalue weighted by Gasteiger charge is -1.92. The van der Waals surface area contributed by atoms with Crippen LogP contribution >= 0.6 is 15.9 Å². The van der Waals surface area contributed by atoms with E-state index in [9.17, 15) is 4.39 Å². The first-order valence-electron chi connectivity index (χ1n) is 2.02. The van der Waals surface area contributed by atoms with E-state index in [0.29, 0.717) is 11.8 Å². The summed E-state index contributed by atoms with van der Waals surface area (Å²) in [5.74, 6) is 0. The van der Waals surface area contributed by atoms with Gasteiger partial charge in [0.2, 0.25) is 0 Å². The first-order valence-corrected chi connectivity index (χ1v) is 3.14. The maximum Gasteiger partial charge on any atom is 0.135 e. The molecule has 0 aromatic rings. The largest absolute Gasteiger partial charge is 0.310 e. The smallest absolute Gasteiger partial charge is 0.135 e. The molecule has 0 aromatic carbocycles. The maximum absolute atomic E-state index is 11.9. The summed E-state index contributed by atoms with van der Waals surface area (Å²) in [6.07, 6.45) is 0.157. The van der Waals surface area contributed by atoms with Gasteiger partial charge in [0.05, 0.1) is 0 Å². The van der Waals surface area contributed by atoms with Gasteiger partial charge in [0.25, 0.3) is 0 Å². The fraction of sp³-hybridized carbons (Fsp3) is 0.750. The van der Waals surface area contributed by atoms with Crippen LogP contribution in [0.4, 0.5) is 4.39 Å². The molecule has 0 radical (unpaired) electrons. The van der Waals surface area contributed by atoms with Crippen LogP contribution in [-0.2, 0) is 0 Å². The highest BCUT2D eigenvalue weighted by molar-refractivity contribution is 9.09. The van der Waals surface area contributed by atoms with Gasteiger partial charge in [-0.25, -0.2) is 4.39 Å². The van der Waals surface area contributed by atoms with Gasteiger partial charge >= 0.3 is 0 Å². The van der Waals surface area contributed by atoms with E-state index >= 15 is 0 Å². The molecule has 0 unspecified atom stereocenters. The van der Waals surface area contributed by atoms with E-state index in [2.05, 4.69) is 15.9 Å². The van der Waals surface area contributed by atoms with Crippen LogP contribution in [0.3, 0.4) is 0 Å². The van der Waals surface area contributed by atoms with Gasteiger partial charge in [-0.1, -0.05) is 15.9 Å². The minimum absolute atomic E-state index is 0.406. The molecule has 0 saturated carbocycles. The Kier molecular flexibility index (Phi) is 4.29. The van der Waals surface area contributed by atoms with E-state index in [1.165, 1.54) is 0 Å².